The van der Waals surface area contributed by atoms with Crippen LogP contribution in [0, 0.1) is 0 Å². The van der Waals surface area contributed by atoms with Crippen molar-refractivity contribution in [2.24, 2.45) is 0 Å². The number of rotatable bonds is 7. The number of hydrogen-bond acceptors (Lipinski definition) is 4. The molecular formula is C20H34N4O. The minimum Gasteiger partial charge on any atom is -0.378 e. The summed E-state index contributed by atoms with van der Waals surface area (Å²) in [7, 11) is 10.4. The van der Waals surface area contributed by atoms with Gasteiger partial charge in [0.2, 0.25) is 0 Å². The summed E-state index contributed by atoms with van der Waals surface area (Å²) in [4.78, 5) is 21.7. The van der Waals surface area contributed by atoms with Gasteiger partial charge in [0, 0.05) is 44.5 Å². The first-order valence-electron chi connectivity index (χ1n) is 9.30. The molecule has 1 amide bonds. The highest BCUT2D eigenvalue weighted by atomic mass is 16.2. The van der Waals surface area contributed by atoms with Crippen LogP contribution in [0.2, 0.25) is 0 Å². The van der Waals surface area contributed by atoms with Gasteiger partial charge in [-0.25, -0.2) is 0 Å². The first-order valence-corrected chi connectivity index (χ1v) is 9.30. The van der Waals surface area contributed by atoms with Crippen LogP contribution in [0.15, 0.2) is 24.3 Å². The van der Waals surface area contributed by atoms with Crippen LogP contribution in [-0.2, 0) is 0 Å². The standard InChI is InChI=1S/C20H34N4O/c1-21(2)12-8-13-23(5)19-11-7-14-24(16-19)20(25)17-9-6-10-18(15-17)22(3)4/h6,9-10,15,19H,7-8,11-14,16H2,1-5H3/t19-/m1/s1. The number of benzene rings is 1. The molecule has 1 aromatic carbocycles. The van der Waals surface area contributed by atoms with Gasteiger partial charge in [-0.05, 0) is 71.7 Å². The predicted molar refractivity (Wildman–Crippen MR) is 105 cm³/mol. The second-order valence-corrected chi connectivity index (χ2v) is 7.63. The molecule has 0 bridgehead atoms. The molecule has 0 saturated carbocycles. The van der Waals surface area contributed by atoms with E-state index >= 15 is 0 Å². The van der Waals surface area contributed by atoms with E-state index in [0.717, 1.165) is 43.9 Å². The van der Waals surface area contributed by atoms with Gasteiger partial charge < -0.3 is 19.6 Å². The summed E-state index contributed by atoms with van der Waals surface area (Å²) in [5.41, 5.74) is 1.86. The van der Waals surface area contributed by atoms with Gasteiger partial charge in [0.1, 0.15) is 0 Å². The molecule has 0 aliphatic carbocycles. The highest BCUT2D eigenvalue weighted by Gasteiger charge is 2.26. The second-order valence-electron chi connectivity index (χ2n) is 7.63. The van der Waals surface area contributed by atoms with E-state index in [2.05, 4.69) is 30.9 Å². The molecular weight excluding hydrogens is 312 g/mol. The molecule has 25 heavy (non-hydrogen) atoms. The van der Waals surface area contributed by atoms with Crippen LogP contribution in [0.25, 0.3) is 0 Å². The maximum absolute atomic E-state index is 12.9. The fourth-order valence-electron chi connectivity index (χ4n) is 3.42. The lowest BCUT2D eigenvalue weighted by molar-refractivity contribution is 0.0607. The van der Waals surface area contributed by atoms with Crippen molar-refractivity contribution in [2.45, 2.75) is 25.3 Å². The lowest BCUT2D eigenvalue weighted by Crippen LogP contribution is -2.49. The Balaban J connectivity index is 1.95. The molecule has 5 heteroatoms. The topological polar surface area (TPSA) is 30.0 Å². The van der Waals surface area contributed by atoms with Crippen molar-refractivity contribution in [3.63, 3.8) is 0 Å². The number of hydrogen-bond donors (Lipinski definition) is 0. The minimum atomic E-state index is 0.162. The van der Waals surface area contributed by atoms with Crippen LogP contribution in [0.4, 0.5) is 5.69 Å². The monoisotopic (exact) mass is 346 g/mol. The van der Waals surface area contributed by atoms with Gasteiger partial charge in [0.25, 0.3) is 5.91 Å². The molecule has 0 N–H and O–H groups in total. The number of piperidine rings is 1. The van der Waals surface area contributed by atoms with Crippen molar-refractivity contribution in [3.8, 4) is 0 Å². The maximum Gasteiger partial charge on any atom is 0.253 e. The summed E-state index contributed by atoms with van der Waals surface area (Å²) in [6.45, 7) is 3.90. The largest absolute Gasteiger partial charge is 0.378 e. The van der Waals surface area contributed by atoms with Crippen molar-refractivity contribution in [2.75, 3.05) is 66.3 Å². The molecule has 0 aromatic heterocycles. The number of carbonyl (C=O) groups excluding carboxylic acids is 1. The molecule has 1 heterocycles. The zero-order valence-electron chi connectivity index (χ0n) is 16.5. The summed E-state index contributed by atoms with van der Waals surface area (Å²) in [6.07, 6.45) is 3.43. The van der Waals surface area contributed by atoms with E-state index in [-0.39, 0.29) is 5.91 Å². The smallest absolute Gasteiger partial charge is 0.253 e. The second kappa shape index (κ2) is 9.20. The first-order chi connectivity index (χ1) is 11.9. The minimum absolute atomic E-state index is 0.162. The van der Waals surface area contributed by atoms with E-state index in [1.54, 1.807) is 0 Å². The van der Waals surface area contributed by atoms with E-state index in [9.17, 15) is 4.79 Å². The van der Waals surface area contributed by atoms with Crippen LogP contribution in [0.5, 0.6) is 0 Å². The Labute approximate surface area is 153 Å². The maximum atomic E-state index is 12.9. The van der Waals surface area contributed by atoms with Crippen molar-refractivity contribution < 1.29 is 4.79 Å². The van der Waals surface area contributed by atoms with Gasteiger partial charge >= 0.3 is 0 Å². The van der Waals surface area contributed by atoms with Crippen molar-refractivity contribution in [3.05, 3.63) is 29.8 Å². The van der Waals surface area contributed by atoms with E-state index in [0.29, 0.717) is 6.04 Å². The number of carbonyl (C=O) groups is 1. The van der Waals surface area contributed by atoms with Crippen LogP contribution in [0.1, 0.15) is 29.6 Å². The molecule has 1 aromatic rings. The SMILES string of the molecule is CN(C)CCCN(C)[C@@H]1CCCN(C(=O)c2cccc(N(C)C)c2)C1. The normalized spacial score (nSPS) is 18.0. The molecule has 0 spiro atoms. The third-order valence-electron chi connectivity index (χ3n) is 5.03. The van der Waals surface area contributed by atoms with E-state index in [1.807, 2.05) is 48.2 Å². The van der Waals surface area contributed by atoms with Crippen molar-refractivity contribution in [1.82, 2.24) is 14.7 Å². The average molecular weight is 347 g/mol. The number of amides is 1. The molecule has 140 valence electrons. The van der Waals surface area contributed by atoms with E-state index in [4.69, 9.17) is 0 Å². The Morgan fingerprint density at radius 1 is 1.16 bits per heavy atom. The Bertz CT molecular complexity index is 558. The summed E-state index contributed by atoms with van der Waals surface area (Å²) >= 11 is 0. The quantitative estimate of drug-likeness (QED) is 0.757. The molecule has 5 nitrogen and oxygen atoms in total. The number of likely N-dealkylation sites (N-methyl/N-ethyl adjacent to an activating group) is 1. The molecule has 1 fully saturated rings. The molecule has 0 unspecified atom stereocenters. The fraction of sp³-hybridized carbons (Fsp3) is 0.650. The number of nitrogens with zero attached hydrogens (tertiary/aromatic N) is 4. The van der Waals surface area contributed by atoms with Crippen LogP contribution < -0.4 is 4.90 Å². The zero-order valence-corrected chi connectivity index (χ0v) is 16.5. The Morgan fingerprint density at radius 2 is 1.92 bits per heavy atom. The lowest BCUT2D eigenvalue weighted by Gasteiger charge is -2.38. The Hall–Kier alpha value is -1.59. The van der Waals surface area contributed by atoms with Gasteiger partial charge in [-0.3, -0.25) is 4.79 Å². The Morgan fingerprint density at radius 3 is 2.60 bits per heavy atom. The van der Waals surface area contributed by atoms with Crippen LogP contribution in [0.3, 0.4) is 0 Å². The van der Waals surface area contributed by atoms with Crippen molar-refractivity contribution in [1.29, 1.82) is 0 Å². The third kappa shape index (κ3) is 5.72. The molecule has 1 saturated heterocycles. The lowest BCUT2D eigenvalue weighted by atomic mass is 10.0. The molecule has 2 rings (SSSR count). The van der Waals surface area contributed by atoms with Crippen LogP contribution >= 0.6 is 0 Å². The van der Waals surface area contributed by atoms with Gasteiger partial charge in [-0.1, -0.05) is 6.07 Å². The van der Waals surface area contributed by atoms with E-state index in [1.165, 1.54) is 12.8 Å². The fourth-order valence-corrected chi connectivity index (χ4v) is 3.42. The van der Waals surface area contributed by atoms with Crippen molar-refractivity contribution >= 4 is 11.6 Å². The summed E-state index contributed by atoms with van der Waals surface area (Å²) in [6, 6.07) is 8.40. The third-order valence-corrected chi connectivity index (χ3v) is 5.03. The van der Waals surface area contributed by atoms with E-state index < -0.39 is 0 Å². The van der Waals surface area contributed by atoms with Gasteiger partial charge in [0.15, 0.2) is 0 Å². The molecule has 1 aliphatic rings. The summed E-state index contributed by atoms with van der Waals surface area (Å²) in [5, 5.41) is 0. The number of anilines is 1. The first kappa shape index (κ1) is 19.7. The Kier molecular flexibility index (Phi) is 7.26. The molecule has 0 radical (unpaired) electrons. The summed E-state index contributed by atoms with van der Waals surface area (Å²) in [5.74, 6) is 0.162. The molecule has 1 atom stereocenters. The highest BCUT2D eigenvalue weighted by Crippen LogP contribution is 2.20. The predicted octanol–water partition coefficient (Wildman–Crippen LogP) is 2.24. The average Bonchev–Trinajstić information content (AvgIpc) is 2.61. The van der Waals surface area contributed by atoms with Gasteiger partial charge in [0.05, 0.1) is 0 Å². The van der Waals surface area contributed by atoms with Crippen LogP contribution in [-0.4, -0.2) is 88.1 Å². The zero-order chi connectivity index (χ0) is 18.4. The molecule has 1 aliphatic heterocycles. The summed E-state index contributed by atoms with van der Waals surface area (Å²) < 4.78 is 0. The highest BCUT2D eigenvalue weighted by molar-refractivity contribution is 5.95. The van der Waals surface area contributed by atoms with Gasteiger partial charge in [-0.15, -0.1) is 0 Å². The number of likely N-dealkylation sites (tertiary alicyclic amines) is 1. The van der Waals surface area contributed by atoms with Gasteiger partial charge in [-0.2, -0.15) is 0 Å².